The van der Waals surface area contributed by atoms with Crippen molar-refractivity contribution < 1.29 is 162 Å². The van der Waals surface area contributed by atoms with E-state index in [9.17, 15) is 4.79 Å². The zero-order valence-electron chi connectivity index (χ0n) is 7.83. The van der Waals surface area contributed by atoms with Gasteiger partial charge in [0.2, 0.25) is 0 Å². The quantitative estimate of drug-likeness (QED) is 0.282. The number of rotatable bonds is 2. The van der Waals surface area contributed by atoms with E-state index in [4.69, 9.17) is 15.0 Å². The van der Waals surface area contributed by atoms with E-state index >= 15 is 0 Å². The molecule has 0 saturated heterocycles. The van der Waals surface area contributed by atoms with Crippen LogP contribution >= 0.6 is 15.9 Å². The first kappa shape index (κ1) is 25.2. The summed E-state index contributed by atoms with van der Waals surface area (Å²) in [7, 11) is 0. The van der Waals surface area contributed by atoms with Crippen LogP contribution < -0.4 is 148 Å². The number of esters is 1. The summed E-state index contributed by atoms with van der Waals surface area (Å²) in [6, 6.07) is 0. The monoisotopic (exact) mass is 492 g/mol. The number of hydrogen-bond acceptors (Lipinski definition) is 5. The summed E-state index contributed by atoms with van der Waals surface area (Å²) in [5.74, 6) is -0.206. The molecule has 0 unspecified atom stereocenters. The van der Waals surface area contributed by atoms with Crippen molar-refractivity contribution in [3.05, 3.63) is 0 Å². The molecule has 8 heteroatoms. The second-order valence-corrected chi connectivity index (χ2v) is 1.75. The van der Waals surface area contributed by atoms with Crippen LogP contribution in [0.15, 0.2) is 0 Å². The molecule has 13 heavy (non-hydrogen) atoms. The molecule has 0 aromatic carbocycles. The summed E-state index contributed by atoms with van der Waals surface area (Å²) in [6.45, 7) is 2.24. The first-order chi connectivity index (χ1) is 5.04. The van der Waals surface area contributed by atoms with Crippen molar-refractivity contribution in [1.82, 2.24) is 0 Å². The molecule has 0 amide bonds. The summed E-state index contributed by atoms with van der Waals surface area (Å²) in [4.78, 5) is 18.5. The van der Waals surface area contributed by atoms with Gasteiger partial charge < -0.3 is 19.7 Å². The average molecular weight is 493 g/mol. The van der Waals surface area contributed by atoms with E-state index in [1.54, 1.807) is 6.92 Å². The molecular weight excluding hydrogens is 486 g/mol. The third-order valence-corrected chi connectivity index (χ3v) is 0.872. The summed E-state index contributed by atoms with van der Waals surface area (Å²) < 4.78 is 4.51. The van der Waals surface area contributed by atoms with Crippen molar-refractivity contribution >= 4 is 28.1 Å². The van der Waals surface area contributed by atoms with Crippen LogP contribution in [0.1, 0.15) is 6.92 Å². The van der Waals surface area contributed by atoms with E-state index in [-0.39, 0.29) is 144 Å². The number of carbonyl (C=O) groups excluding carboxylic acids is 2. The van der Waals surface area contributed by atoms with Gasteiger partial charge in [0.15, 0.2) is 0 Å². The molecule has 0 saturated carbocycles. The van der Waals surface area contributed by atoms with Crippen molar-refractivity contribution in [1.29, 1.82) is 0 Å². The Morgan fingerprint density at radius 2 is 1.62 bits per heavy atom. The minimum Gasteiger partial charge on any atom is -0.652 e. The predicted molar refractivity (Wildman–Crippen MR) is 35.8 cm³/mol. The van der Waals surface area contributed by atoms with Crippen LogP contribution in [0.25, 0.3) is 0 Å². The maximum Gasteiger partial charge on any atom is 1.00 e. The Kier molecular flexibility index (Phi) is 40.2. The van der Waals surface area contributed by atoms with Gasteiger partial charge in [-0.15, -0.1) is 0 Å². The Morgan fingerprint density at radius 3 is 1.69 bits per heavy atom. The molecule has 0 rings (SSSR count). The van der Waals surface area contributed by atoms with Crippen molar-refractivity contribution in [3.63, 3.8) is 0 Å². The van der Waals surface area contributed by atoms with E-state index in [1.165, 1.54) is 0 Å². The Balaban J connectivity index is -0.0000000600. The van der Waals surface area contributed by atoms with Crippen LogP contribution in [-0.2, 0) is 9.53 Å². The maximum atomic E-state index is 10.1. The fourth-order valence-corrected chi connectivity index (χ4v) is 0.361. The van der Waals surface area contributed by atoms with Gasteiger partial charge in [-0.25, -0.2) is 0 Å². The zero-order valence-corrected chi connectivity index (χ0v) is 22.0. The largest absolute Gasteiger partial charge is 1.00 e. The first-order valence-corrected chi connectivity index (χ1v) is 3.76. The number of hydrogen-bond donors (Lipinski definition) is 0. The summed E-state index contributed by atoms with van der Waals surface area (Å²) in [5.41, 5.74) is 0. The maximum absolute atomic E-state index is 10.1. The molecule has 0 fully saturated rings. The molecule has 0 heterocycles. The number of carbonyl (C=O) groups is 2. The van der Waals surface area contributed by atoms with Gasteiger partial charge in [-0.2, -0.15) is 0 Å². The predicted octanol–water partition coefficient (Wildman–Crippen LogP) is -7.49. The molecule has 0 aliphatic heterocycles. The molecule has 0 bridgehead atoms. The molecule has 0 spiro atoms. The summed E-state index contributed by atoms with van der Waals surface area (Å²) in [6.07, 6.45) is -2.33. The van der Waals surface area contributed by atoms with Crippen LogP contribution in [-0.4, -0.2) is 24.1 Å². The van der Waals surface area contributed by atoms with Crippen LogP contribution in [0.3, 0.4) is 0 Å². The number of ether oxygens (including phenoxy) is 1. The fraction of sp³-hybridized carbons (Fsp3) is 0.600. The minimum atomic E-state index is -2.33. The molecule has 66 valence electrons. The topological polar surface area (TPSA) is 89.5 Å². The number of carboxylic acid groups (broad SMARTS) is 2. The molecule has 0 aromatic heterocycles. The fourth-order valence-electron chi connectivity index (χ4n) is 0.200. The van der Waals surface area contributed by atoms with E-state index in [0.717, 1.165) is 0 Å². The summed E-state index contributed by atoms with van der Waals surface area (Å²) >= 11 is 2.94. The van der Waals surface area contributed by atoms with Gasteiger partial charge >= 0.3 is 144 Å². The Morgan fingerprint density at radius 1 is 1.31 bits per heavy atom. The van der Waals surface area contributed by atoms with Crippen molar-refractivity contribution in [3.8, 4) is 0 Å². The number of alkyl halides is 1. The first-order valence-electron chi connectivity index (χ1n) is 2.64. The third kappa shape index (κ3) is 39.3. The van der Waals surface area contributed by atoms with Crippen molar-refractivity contribution in [2.24, 2.45) is 0 Å². The second-order valence-electron chi connectivity index (χ2n) is 1.19. The van der Waals surface area contributed by atoms with Crippen LogP contribution in [0.5, 0.6) is 0 Å². The molecular formula is C5H7BrCs2O5. The molecule has 0 N–H and O–H groups in total. The summed E-state index contributed by atoms with van der Waals surface area (Å²) in [5, 5.41) is 17.0. The third-order valence-electron chi connectivity index (χ3n) is 0.414. The molecule has 0 aliphatic carbocycles. The van der Waals surface area contributed by atoms with Crippen molar-refractivity contribution in [2.45, 2.75) is 6.92 Å². The van der Waals surface area contributed by atoms with Gasteiger partial charge in [0.25, 0.3) is 0 Å². The van der Waals surface area contributed by atoms with Gasteiger partial charge in [-0.3, -0.25) is 4.79 Å². The van der Waals surface area contributed by atoms with E-state index in [2.05, 4.69) is 20.7 Å². The van der Waals surface area contributed by atoms with Gasteiger partial charge in [-0.1, -0.05) is 15.9 Å². The molecule has 0 aliphatic rings. The smallest absolute Gasteiger partial charge is 0.652 e. The minimum absolute atomic E-state index is 0. The Bertz CT molecular complexity index is 128. The van der Waals surface area contributed by atoms with E-state index < -0.39 is 6.16 Å². The van der Waals surface area contributed by atoms with Crippen molar-refractivity contribution in [2.75, 3.05) is 11.9 Å². The van der Waals surface area contributed by atoms with E-state index in [1.807, 2.05) is 0 Å². The standard InChI is InChI=1S/C4H7BrO2.CH2O3.2Cs/c1-2-7-4(6)3-5;2-1(3)4;;/h2-3H2,1H3;(H2,2,3,4);;/q;;2*+1/p-2. The van der Waals surface area contributed by atoms with Gasteiger partial charge in [0.05, 0.1) is 6.61 Å². The Hall–Kier alpha value is 3.32. The average Bonchev–Trinajstić information content (AvgIpc) is 1.87. The van der Waals surface area contributed by atoms with Crippen LogP contribution in [0.2, 0.25) is 0 Å². The van der Waals surface area contributed by atoms with Gasteiger partial charge in [-0.05, 0) is 13.1 Å². The van der Waals surface area contributed by atoms with Crippen LogP contribution in [0.4, 0.5) is 4.79 Å². The zero-order chi connectivity index (χ0) is 9.28. The van der Waals surface area contributed by atoms with Crippen LogP contribution in [0, 0.1) is 0 Å². The van der Waals surface area contributed by atoms with E-state index in [0.29, 0.717) is 11.9 Å². The molecule has 5 nitrogen and oxygen atoms in total. The van der Waals surface area contributed by atoms with Gasteiger partial charge in [0.1, 0.15) is 5.33 Å². The van der Waals surface area contributed by atoms with Gasteiger partial charge in [0, 0.05) is 0 Å². The number of halogens is 1. The molecule has 0 radical (unpaired) electrons. The SMILES string of the molecule is CCOC(=O)CBr.O=C([O-])[O-].[Cs+].[Cs+]. The Labute approximate surface area is 203 Å². The second kappa shape index (κ2) is 20.7. The normalized spacial score (nSPS) is 6.31. The molecule has 0 atom stereocenters. The molecule has 0 aromatic rings.